The van der Waals surface area contributed by atoms with Crippen molar-refractivity contribution in [2.24, 2.45) is 5.41 Å². The molecule has 0 fully saturated rings. The summed E-state index contributed by atoms with van der Waals surface area (Å²) in [4.78, 5) is 3.98. The Morgan fingerprint density at radius 1 is 1.31 bits per heavy atom. The zero-order chi connectivity index (χ0) is 12.0. The largest absolute Gasteiger partial charge is 0.393 e. The van der Waals surface area contributed by atoms with Crippen molar-refractivity contribution in [1.29, 1.82) is 0 Å². The molecule has 0 saturated carbocycles. The molecule has 16 heavy (non-hydrogen) atoms. The molecule has 3 nitrogen and oxygen atoms in total. The molecule has 1 atom stereocenters. The van der Waals surface area contributed by atoms with Crippen LogP contribution in [0.3, 0.4) is 0 Å². The number of aliphatic hydroxyl groups is 1. The van der Waals surface area contributed by atoms with E-state index in [0.717, 1.165) is 25.8 Å². The molecule has 0 unspecified atom stereocenters. The van der Waals surface area contributed by atoms with Crippen molar-refractivity contribution >= 4 is 0 Å². The molecule has 1 heterocycles. The van der Waals surface area contributed by atoms with Gasteiger partial charge in [0, 0.05) is 18.9 Å². The van der Waals surface area contributed by atoms with E-state index in [1.165, 1.54) is 6.42 Å². The van der Waals surface area contributed by atoms with Gasteiger partial charge in [-0.05, 0) is 24.7 Å². The normalized spacial score (nSPS) is 14.0. The second-order valence-electron chi connectivity index (χ2n) is 5.70. The van der Waals surface area contributed by atoms with Crippen LogP contribution in [-0.4, -0.2) is 20.8 Å². The molecule has 1 aromatic heterocycles. The highest BCUT2D eigenvalue weighted by Gasteiger charge is 2.11. The van der Waals surface area contributed by atoms with Crippen molar-refractivity contribution in [2.75, 3.05) is 0 Å². The zero-order valence-electron chi connectivity index (χ0n) is 10.7. The molecule has 1 aromatic rings. The molecule has 0 amide bonds. The first-order chi connectivity index (χ1) is 7.47. The fraction of sp³-hybridized carbons (Fsp3) is 0.769. The van der Waals surface area contributed by atoms with Crippen molar-refractivity contribution in [3.05, 3.63) is 18.7 Å². The summed E-state index contributed by atoms with van der Waals surface area (Å²) in [6, 6.07) is 0. The number of rotatable bonds is 6. The monoisotopic (exact) mass is 224 g/mol. The van der Waals surface area contributed by atoms with Gasteiger partial charge in [0.25, 0.3) is 0 Å². The number of aryl methyl sites for hydroxylation is 1. The van der Waals surface area contributed by atoms with Crippen molar-refractivity contribution in [3.8, 4) is 0 Å². The quantitative estimate of drug-likeness (QED) is 0.807. The second kappa shape index (κ2) is 6.04. The molecule has 0 aliphatic carbocycles. The summed E-state index contributed by atoms with van der Waals surface area (Å²) in [5, 5.41) is 9.81. The van der Waals surface area contributed by atoms with Crippen molar-refractivity contribution in [1.82, 2.24) is 9.55 Å². The first-order valence-corrected chi connectivity index (χ1v) is 6.11. The van der Waals surface area contributed by atoms with Crippen LogP contribution in [0.25, 0.3) is 0 Å². The first kappa shape index (κ1) is 13.2. The second-order valence-corrected chi connectivity index (χ2v) is 5.70. The molecule has 0 radical (unpaired) electrons. The fourth-order valence-corrected chi connectivity index (χ4v) is 1.73. The molecule has 0 spiro atoms. The molecule has 3 heteroatoms. The maximum Gasteiger partial charge on any atom is 0.0945 e. The van der Waals surface area contributed by atoms with Gasteiger partial charge in [0.2, 0.25) is 0 Å². The van der Waals surface area contributed by atoms with Gasteiger partial charge in [-0.25, -0.2) is 4.98 Å². The van der Waals surface area contributed by atoms with Crippen LogP contribution in [0.15, 0.2) is 18.7 Å². The predicted molar refractivity (Wildman–Crippen MR) is 66.2 cm³/mol. The maximum absolute atomic E-state index is 9.81. The van der Waals surface area contributed by atoms with Crippen LogP contribution in [0.2, 0.25) is 0 Å². The van der Waals surface area contributed by atoms with E-state index in [-0.39, 0.29) is 6.10 Å². The number of aliphatic hydroxyl groups excluding tert-OH is 1. The number of hydrogen-bond donors (Lipinski definition) is 1. The van der Waals surface area contributed by atoms with Gasteiger partial charge in [0.1, 0.15) is 0 Å². The number of hydrogen-bond acceptors (Lipinski definition) is 2. The average Bonchev–Trinajstić information content (AvgIpc) is 2.65. The van der Waals surface area contributed by atoms with E-state index in [9.17, 15) is 5.11 Å². The Kier molecular flexibility index (Phi) is 5.00. The van der Waals surface area contributed by atoms with Crippen LogP contribution in [0.5, 0.6) is 0 Å². The molecule has 0 aliphatic heterocycles. The van der Waals surface area contributed by atoms with Crippen LogP contribution < -0.4 is 0 Å². The zero-order valence-corrected chi connectivity index (χ0v) is 10.7. The maximum atomic E-state index is 9.81. The Bertz CT molecular complexity index is 275. The standard InChI is InChI=1S/C13H24N2O/c1-13(2,3)7-4-5-12(16)6-9-15-10-8-14-11-15/h8,10-12,16H,4-7,9H2,1-3H3/t12-/m0/s1. The van der Waals surface area contributed by atoms with E-state index in [1.807, 2.05) is 10.8 Å². The van der Waals surface area contributed by atoms with Crippen LogP contribution in [0, 0.1) is 5.41 Å². The molecular weight excluding hydrogens is 200 g/mol. The van der Waals surface area contributed by atoms with Gasteiger partial charge < -0.3 is 9.67 Å². The highest BCUT2D eigenvalue weighted by atomic mass is 16.3. The first-order valence-electron chi connectivity index (χ1n) is 6.11. The van der Waals surface area contributed by atoms with Crippen LogP contribution >= 0.6 is 0 Å². The Labute approximate surface area is 98.5 Å². The minimum Gasteiger partial charge on any atom is -0.393 e. The minimum atomic E-state index is -0.176. The Hall–Kier alpha value is -0.830. The average molecular weight is 224 g/mol. The molecule has 0 saturated heterocycles. The van der Waals surface area contributed by atoms with Crippen LogP contribution in [0.1, 0.15) is 46.5 Å². The van der Waals surface area contributed by atoms with Gasteiger partial charge in [-0.1, -0.05) is 27.2 Å². The van der Waals surface area contributed by atoms with Gasteiger partial charge in [-0.15, -0.1) is 0 Å². The number of nitrogens with zero attached hydrogens (tertiary/aromatic N) is 2. The Morgan fingerprint density at radius 2 is 2.06 bits per heavy atom. The van der Waals surface area contributed by atoms with E-state index in [4.69, 9.17) is 0 Å². The summed E-state index contributed by atoms with van der Waals surface area (Å²) >= 11 is 0. The van der Waals surface area contributed by atoms with E-state index in [2.05, 4.69) is 25.8 Å². The van der Waals surface area contributed by atoms with E-state index < -0.39 is 0 Å². The third kappa shape index (κ3) is 5.91. The predicted octanol–water partition coefficient (Wildman–Crippen LogP) is 2.85. The molecule has 0 aromatic carbocycles. The SMILES string of the molecule is CC(C)(C)CCC[C@H](O)CCn1ccnc1. The molecule has 92 valence electrons. The summed E-state index contributed by atoms with van der Waals surface area (Å²) in [5.74, 6) is 0. The van der Waals surface area contributed by atoms with Crippen LogP contribution in [-0.2, 0) is 6.54 Å². The lowest BCUT2D eigenvalue weighted by Crippen LogP contribution is -2.12. The highest BCUT2D eigenvalue weighted by molar-refractivity contribution is 4.74. The molecular formula is C13H24N2O. The van der Waals surface area contributed by atoms with Gasteiger partial charge in [-0.3, -0.25) is 0 Å². The number of imidazole rings is 1. The molecule has 0 aliphatic rings. The molecule has 1 N–H and O–H groups in total. The Morgan fingerprint density at radius 3 is 2.62 bits per heavy atom. The summed E-state index contributed by atoms with van der Waals surface area (Å²) in [6.45, 7) is 7.58. The molecule has 1 rings (SSSR count). The van der Waals surface area contributed by atoms with Crippen LogP contribution in [0.4, 0.5) is 0 Å². The van der Waals surface area contributed by atoms with Crippen molar-refractivity contribution in [3.63, 3.8) is 0 Å². The lowest BCUT2D eigenvalue weighted by atomic mass is 9.89. The minimum absolute atomic E-state index is 0.176. The van der Waals surface area contributed by atoms with Gasteiger partial charge in [-0.2, -0.15) is 0 Å². The third-order valence-electron chi connectivity index (χ3n) is 2.74. The Balaban J connectivity index is 2.09. The third-order valence-corrected chi connectivity index (χ3v) is 2.74. The summed E-state index contributed by atoms with van der Waals surface area (Å²) in [5.41, 5.74) is 0.379. The lowest BCUT2D eigenvalue weighted by molar-refractivity contribution is 0.141. The van der Waals surface area contributed by atoms with Gasteiger partial charge in [0.05, 0.1) is 12.4 Å². The van der Waals surface area contributed by atoms with Gasteiger partial charge >= 0.3 is 0 Å². The number of aromatic nitrogens is 2. The topological polar surface area (TPSA) is 38.0 Å². The smallest absolute Gasteiger partial charge is 0.0945 e. The van der Waals surface area contributed by atoms with E-state index in [1.54, 1.807) is 12.5 Å². The van der Waals surface area contributed by atoms with E-state index in [0.29, 0.717) is 5.41 Å². The highest BCUT2D eigenvalue weighted by Crippen LogP contribution is 2.22. The summed E-state index contributed by atoms with van der Waals surface area (Å²) < 4.78 is 2.01. The summed E-state index contributed by atoms with van der Waals surface area (Å²) in [6.07, 6.45) is 9.33. The summed E-state index contributed by atoms with van der Waals surface area (Å²) in [7, 11) is 0. The van der Waals surface area contributed by atoms with E-state index >= 15 is 0 Å². The molecule has 0 bridgehead atoms. The van der Waals surface area contributed by atoms with Gasteiger partial charge in [0.15, 0.2) is 0 Å². The fourth-order valence-electron chi connectivity index (χ4n) is 1.73. The van der Waals surface area contributed by atoms with Crippen molar-refractivity contribution < 1.29 is 5.11 Å². The lowest BCUT2D eigenvalue weighted by Gasteiger charge is -2.19. The van der Waals surface area contributed by atoms with Crippen molar-refractivity contribution in [2.45, 2.75) is 59.1 Å².